The predicted molar refractivity (Wildman–Crippen MR) is 110 cm³/mol. The lowest BCUT2D eigenvalue weighted by Crippen LogP contribution is -2.53. The first-order valence-electron chi connectivity index (χ1n) is 10.2. The molecule has 2 aliphatic rings. The van der Waals surface area contributed by atoms with Crippen LogP contribution in [0.1, 0.15) is 30.2 Å². The monoisotopic (exact) mass is 360 g/mol. The van der Waals surface area contributed by atoms with E-state index in [1.807, 2.05) is 12.1 Å². The number of aryl methyl sites for hydroxylation is 1. The molecule has 2 aromatic carbocycles. The Morgan fingerprint density at radius 3 is 2.81 bits per heavy atom. The van der Waals surface area contributed by atoms with Gasteiger partial charge in [0.1, 0.15) is 5.75 Å². The Bertz CT molecular complexity index is 1000. The summed E-state index contributed by atoms with van der Waals surface area (Å²) in [5.41, 5.74) is 5.82. The van der Waals surface area contributed by atoms with Crippen molar-refractivity contribution in [1.82, 2.24) is 9.47 Å². The van der Waals surface area contributed by atoms with Crippen LogP contribution in [-0.4, -0.2) is 34.2 Å². The Morgan fingerprint density at radius 2 is 2.00 bits per heavy atom. The van der Waals surface area contributed by atoms with E-state index in [1.165, 1.54) is 22.2 Å². The lowest BCUT2D eigenvalue weighted by Gasteiger charge is -2.51. The highest BCUT2D eigenvalue weighted by Gasteiger charge is 2.48. The molecule has 2 atom stereocenters. The van der Waals surface area contributed by atoms with Gasteiger partial charge in [-0.05, 0) is 67.6 Å². The fraction of sp³-hybridized carbons (Fsp3) is 0.417. The van der Waals surface area contributed by atoms with Crippen molar-refractivity contribution in [3.8, 4) is 5.75 Å². The Kier molecular flexibility index (Phi) is 3.83. The number of phenols is 1. The maximum absolute atomic E-state index is 10.2. The van der Waals surface area contributed by atoms with Gasteiger partial charge < -0.3 is 14.6 Å². The van der Waals surface area contributed by atoms with Gasteiger partial charge in [0, 0.05) is 35.6 Å². The van der Waals surface area contributed by atoms with Crippen LogP contribution in [0.25, 0.3) is 10.9 Å². The van der Waals surface area contributed by atoms with Crippen LogP contribution in [-0.2, 0) is 25.3 Å². The summed E-state index contributed by atoms with van der Waals surface area (Å²) in [6.07, 6.45) is 3.36. The van der Waals surface area contributed by atoms with Gasteiger partial charge in [-0.15, -0.1) is 0 Å². The molecule has 0 amide bonds. The van der Waals surface area contributed by atoms with Crippen LogP contribution in [0.4, 0.5) is 0 Å². The lowest BCUT2D eigenvalue weighted by molar-refractivity contribution is 0.0845. The molecule has 2 unspecified atom stereocenters. The number of benzene rings is 2. The van der Waals surface area contributed by atoms with Gasteiger partial charge in [-0.1, -0.05) is 37.3 Å². The second-order valence-electron chi connectivity index (χ2n) is 8.43. The van der Waals surface area contributed by atoms with Crippen LogP contribution in [0, 0.1) is 5.92 Å². The summed E-state index contributed by atoms with van der Waals surface area (Å²) >= 11 is 0. The van der Waals surface area contributed by atoms with Crippen molar-refractivity contribution in [3.63, 3.8) is 0 Å². The first kappa shape index (κ1) is 16.9. The minimum atomic E-state index is 0.125. The topological polar surface area (TPSA) is 28.4 Å². The second-order valence-corrected chi connectivity index (χ2v) is 8.43. The number of piperidine rings is 1. The molecule has 3 nitrogen and oxygen atoms in total. The van der Waals surface area contributed by atoms with Gasteiger partial charge >= 0.3 is 0 Å². The number of hydrogen-bond acceptors (Lipinski definition) is 2. The minimum absolute atomic E-state index is 0.125. The Balaban J connectivity index is 1.69. The van der Waals surface area contributed by atoms with Crippen molar-refractivity contribution in [3.05, 3.63) is 65.4 Å². The summed E-state index contributed by atoms with van der Waals surface area (Å²) in [6, 6.07) is 16.9. The normalized spacial score (nSPS) is 25.3. The number of phenolic OH excluding ortho intramolecular Hbond substituents is 1. The van der Waals surface area contributed by atoms with Crippen molar-refractivity contribution in [2.75, 3.05) is 19.6 Å². The van der Waals surface area contributed by atoms with Crippen molar-refractivity contribution < 1.29 is 5.11 Å². The van der Waals surface area contributed by atoms with Crippen molar-refractivity contribution in [2.45, 2.75) is 31.6 Å². The molecular formula is C24H28N2O. The summed E-state index contributed by atoms with van der Waals surface area (Å²) < 4.78 is 2.41. The second kappa shape index (κ2) is 6.13. The van der Waals surface area contributed by atoms with E-state index in [0.717, 1.165) is 38.9 Å². The number of aromatic hydroxyl groups is 1. The fourth-order valence-corrected chi connectivity index (χ4v) is 5.74. The SMILES string of the molecule is CCN1CCC2(c3cccc(O)c3)Cc3c(c4ccccc4n3C)CC2C1. The first-order valence-corrected chi connectivity index (χ1v) is 10.2. The Morgan fingerprint density at radius 1 is 1.15 bits per heavy atom. The summed E-state index contributed by atoms with van der Waals surface area (Å²) in [5.74, 6) is 0.979. The van der Waals surface area contributed by atoms with Crippen LogP contribution in [0.2, 0.25) is 0 Å². The van der Waals surface area contributed by atoms with Crippen molar-refractivity contribution >= 4 is 10.9 Å². The third-order valence-corrected chi connectivity index (χ3v) is 7.28. The molecule has 1 N–H and O–H groups in total. The number of para-hydroxylation sites is 1. The van der Waals surface area contributed by atoms with Gasteiger partial charge in [-0.2, -0.15) is 0 Å². The molecule has 1 saturated heterocycles. The number of fused-ring (bicyclic) bond motifs is 4. The molecule has 5 rings (SSSR count). The van der Waals surface area contributed by atoms with Crippen LogP contribution >= 0.6 is 0 Å². The molecule has 2 heterocycles. The van der Waals surface area contributed by atoms with E-state index >= 15 is 0 Å². The predicted octanol–water partition coefficient (Wildman–Crippen LogP) is 4.26. The van der Waals surface area contributed by atoms with E-state index in [0.29, 0.717) is 11.7 Å². The number of rotatable bonds is 2. The highest BCUT2D eigenvalue weighted by Crippen LogP contribution is 2.50. The van der Waals surface area contributed by atoms with Crippen LogP contribution in [0.15, 0.2) is 48.5 Å². The van der Waals surface area contributed by atoms with Crippen molar-refractivity contribution in [1.29, 1.82) is 0 Å². The van der Waals surface area contributed by atoms with Crippen molar-refractivity contribution in [2.24, 2.45) is 13.0 Å². The fourth-order valence-electron chi connectivity index (χ4n) is 5.74. The molecule has 3 heteroatoms. The summed E-state index contributed by atoms with van der Waals surface area (Å²) in [7, 11) is 2.22. The summed E-state index contributed by atoms with van der Waals surface area (Å²) in [6.45, 7) is 5.68. The third-order valence-electron chi connectivity index (χ3n) is 7.28. The van der Waals surface area contributed by atoms with Gasteiger partial charge in [-0.3, -0.25) is 0 Å². The first-order chi connectivity index (χ1) is 13.1. The van der Waals surface area contributed by atoms with Crippen LogP contribution in [0.5, 0.6) is 5.75 Å². The van der Waals surface area contributed by atoms with Crippen LogP contribution in [0.3, 0.4) is 0 Å². The summed E-state index contributed by atoms with van der Waals surface area (Å²) in [5, 5.41) is 11.6. The molecule has 3 aromatic rings. The van der Waals surface area contributed by atoms with Gasteiger partial charge in [-0.25, -0.2) is 0 Å². The zero-order chi connectivity index (χ0) is 18.6. The number of aromatic nitrogens is 1. The number of hydrogen-bond donors (Lipinski definition) is 1. The highest BCUT2D eigenvalue weighted by atomic mass is 16.3. The van der Waals surface area contributed by atoms with E-state index in [-0.39, 0.29) is 5.41 Å². The molecule has 1 aromatic heterocycles. The molecule has 0 saturated carbocycles. The van der Waals surface area contributed by atoms with E-state index in [4.69, 9.17) is 0 Å². The maximum atomic E-state index is 10.2. The molecular weight excluding hydrogens is 332 g/mol. The third kappa shape index (κ3) is 2.45. The molecule has 140 valence electrons. The Hall–Kier alpha value is -2.26. The molecule has 27 heavy (non-hydrogen) atoms. The quantitative estimate of drug-likeness (QED) is 0.739. The van der Waals surface area contributed by atoms with E-state index in [9.17, 15) is 5.11 Å². The zero-order valence-electron chi connectivity index (χ0n) is 16.3. The minimum Gasteiger partial charge on any atom is -0.508 e. The zero-order valence-corrected chi connectivity index (χ0v) is 16.3. The number of likely N-dealkylation sites (tertiary alicyclic amines) is 1. The largest absolute Gasteiger partial charge is 0.508 e. The molecule has 1 fully saturated rings. The van der Waals surface area contributed by atoms with E-state index in [1.54, 1.807) is 11.6 Å². The smallest absolute Gasteiger partial charge is 0.115 e. The van der Waals surface area contributed by atoms with Gasteiger partial charge in [0.15, 0.2) is 0 Å². The standard InChI is InChI=1S/C24H28N2O/c1-3-26-12-11-24(17-7-6-8-19(27)13-17)15-23-21(14-18(24)16-26)20-9-4-5-10-22(20)25(23)2/h4-10,13,18,27H,3,11-12,14-16H2,1-2H3. The number of nitrogens with zero attached hydrogens (tertiary/aromatic N) is 2. The molecule has 0 bridgehead atoms. The van der Waals surface area contributed by atoms with E-state index in [2.05, 4.69) is 53.8 Å². The summed E-state index contributed by atoms with van der Waals surface area (Å²) in [4.78, 5) is 2.60. The van der Waals surface area contributed by atoms with E-state index < -0.39 is 0 Å². The van der Waals surface area contributed by atoms with Gasteiger partial charge in [0.25, 0.3) is 0 Å². The lowest BCUT2D eigenvalue weighted by atomic mass is 9.58. The average molecular weight is 361 g/mol. The Labute approximate surface area is 161 Å². The van der Waals surface area contributed by atoms with Crippen LogP contribution < -0.4 is 0 Å². The van der Waals surface area contributed by atoms with Gasteiger partial charge in [0.2, 0.25) is 0 Å². The highest BCUT2D eigenvalue weighted by molar-refractivity contribution is 5.86. The average Bonchev–Trinajstić information content (AvgIpc) is 2.97. The molecule has 1 aliphatic carbocycles. The molecule has 1 aliphatic heterocycles. The maximum Gasteiger partial charge on any atom is 0.115 e. The molecule has 0 spiro atoms. The molecule has 0 radical (unpaired) electrons. The van der Waals surface area contributed by atoms with Gasteiger partial charge in [0.05, 0.1) is 0 Å².